The molecule has 3 heteroatoms. The van der Waals surface area contributed by atoms with E-state index in [-0.39, 0.29) is 0 Å². The molecule has 15 heavy (non-hydrogen) atoms. The molecule has 0 fully saturated rings. The van der Waals surface area contributed by atoms with E-state index >= 15 is 0 Å². The van der Waals surface area contributed by atoms with Crippen LogP contribution in [0.4, 0.5) is 0 Å². The van der Waals surface area contributed by atoms with Crippen molar-refractivity contribution in [1.29, 1.82) is 0 Å². The number of rotatable bonds is 8. The normalized spacial score (nSPS) is 14.6. The fourth-order valence-electron chi connectivity index (χ4n) is 1.63. The summed E-state index contributed by atoms with van der Waals surface area (Å²) in [5.41, 5.74) is -0.575. The van der Waals surface area contributed by atoms with Gasteiger partial charge in [-0.3, -0.25) is 0 Å². The molecule has 0 aliphatic heterocycles. The van der Waals surface area contributed by atoms with Crippen molar-refractivity contribution in [3.8, 4) is 0 Å². The molecular formula is C12H26BrNO. The van der Waals surface area contributed by atoms with Crippen LogP contribution in [-0.4, -0.2) is 40.6 Å². The summed E-state index contributed by atoms with van der Waals surface area (Å²) < 4.78 is 0. The molecule has 1 N–H and O–H groups in total. The molecule has 1 atom stereocenters. The van der Waals surface area contributed by atoms with Gasteiger partial charge in [0, 0.05) is 11.9 Å². The van der Waals surface area contributed by atoms with Crippen molar-refractivity contribution in [2.24, 2.45) is 5.92 Å². The van der Waals surface area contributed by atoms with Crippen LogP contribution in [-0.2, 0) is 0 Å². The van der Waals surface area contributed by atoms with E-state index in [1.54, 1.807) is 0 Å². The summed E-state index contributed by atoms with van der Waals surface area (Å²) in [6, 6.07) is 0. The minimum atomic E-state index is -0.575. The van der Waals surface area contributed by atoms with Gasteiger partial charge in [-0.25, -0.2) is 0 Å². The summed E-state index contributed by atoms with van der Waals surface area (Å²) in [5, 5.41) is 10.8. The lowest BCUT2D eigenvalue weighted by Crippen LogP contribution is -2.39. The minimum absolute atomic E-state index is 0.575. The second-order valence-corrected chi connectivity index (χ2v) is 5.85. The number of halogens is 1. The Bertz CT molecular complexity index is 156. The number of hydrogen-bond donors (Lipinski definition) is 1. The number of alkyl halides is 1. The minimum Gasteiger partial charge on any atom is -0.389 e. The Labute approximate surface area is 103 Å². The molecule has 0 aromatic rings. The monoisotopic (exact) mass is 279 g/mol. The molecule has 0 saturated carbocycles. The van der Waals surface area contributed by atoms with Crippen LogP contribution in [0.2, 0.25) is 0 Å². The lowest BCUT2D eigenvalue weighted by molar-refractivity contribution is 0.0363. The zero-order chi connectivity index (χ0) is 11.9. The van der Waals surface area contributed by atoms with Crippen molar-refractivity contribution < 1.29 is 5.11 Å². The summed E-state index contributed by atoms with van der Waals surface area (Å²) in [6.45, 7) is 11.1. The zero-order valence-electron chi connectivity index (χ0n) is 10.6. The highest BCUT2D eigenvalue weighted by Gasteiger charge is 2.17. The molecule has 0 aromatic heterocycles. The SMILES string of the molecule is CCN(CCC(C)CCBr)CC(C)(C)O. The van der Waals surface area contributed by atoms with Gasteiger partial charge in [0.2, 0.25) is 0 Å². The summed E-state index contributed by atoms with van der Waals surface area (Å²) in [6.07, 6.45) is 2.45. The van der Waals surface area contributed by atoms with Gasteiger partial charge in [0.15, 0.2) is 0 Å². The van der Waals surface area contributed by atoms with Crippen LogP contribution in [0.5, 0.6) is 0 Å². The topological polar surface area (TPSA) is 23.5 Å². The molecule has 0 aliphatic carbocycles. The molecule has 0 saturated heterocycles. The van der Waals surface area contributed by atoms with Crippen LogP contribution in [0.15, 0.2) is 0 Å². The lowest BCUT2D eigenvalue weighted by Gasteiger charge is -2.28. The Balaban J connectivity index is 3.80. The van der Waals surface area contributed by atoms with Gasteiger partial charge < -0.3 is 10.0 Å². The van der Waals surface area contributed by atoms with Gasteiger partial charge in [-0.1, -0.05) is 29.8 Å². The van der Waals surface area contributed by atoms with Crippen LogP contribution < -0.4 is 0 Å². The van der Waals surface area contributed by atoms with E-state index < -0.39 is 5.60 Å². The molecular weight excluding hydrogens is 254 g/mol. The quantitative estimate of drug-likeness (QED) is 0.691. The lowest BCUT2D eigenvalue weighted by atomic mass is 10.0. The van der Waals surface area contributed by atoms with Crippen LogP contribution in [0.1, 0.15) is 40.5 Å². The smallest absolute Gasteiger partial charge is 0.0718 e. The highest BCUT2D eigenvalue weighted by Crippen LogP contribution is 2.12. The van der Waals surface area contributed by atoms with E-state index in [4.69, 9.17) is 0 Å². The van der Waals surface area contributed by atoms with E-state index in [2.05, 4.69) is 34.7 Å². The van der Waals surface area contributed by atoms with Crippen molar-refractivity contribution in [2.45, 2.75) is 46.1 Å². The largest absolute Gasteiger partial charge is 0.389 e. The first-order chi connectivity index (χ1) is 6.89. The molecule has 0 heterocycles. The molecule has 0 aliphatic rings. The summed E-state index contributed by atoms with van der Waals surface area (Å²) in [7, 11) is 0. The molecule has 0 amide bonds. The Hall–Kier alpha value is 0.400. The molecule has 92 valence electrons. The number of hydrogen-bond acceptors (Lipinski definition) is 2. The average molecular weight is 280 g/mol. The summed E-state index contributed by atoms with van der Waals surface area (Å²) in [5.74, 6) is 0.764. The first-order valence-corrected chi connectivity index (χ1v) is 7.02. The first-order valence-electron chi connectivity index (χ1n) is 5.89. The van der Waals surface area contributed by atoms with Gasteiger partial charge in [-0.15, -0.1) is 0 Å². The number of likely N-dealkylation sites (N-methyl/N-ethyl adjacent to an activating group) is 1. The zero-order valence-corrected chi connectivity index (χ0v) is 12.2. The third-order valence-corrected chi connectivity index (χ3v) is 3.06. The maximum absolute atomic E-state index is 9.74. The van der Waals surface area contributed by atoms with E-state index in [0.717, 1.165) is 30.9 Å². The number of nitrogens with zero attached hydrogens (tertiary/aromatic N) is 1. The Morgan fingerprint density at radius 2 is 1.93 bits per heavy atom. The summed E-state index contributed by atoms with van der Waals surface area (Å²) in [4.78, 5) is 2.32. The maximum Gasteiger partial charge on any atom is 0.0718 e. The third kappa shape index (κ3) is 9.34. The van der Waals surface area contributed by atoms with Gasteiger partial charge in [-0.05, 0) is 45.7 Å². The second kappa shape index (κ2) is 7.64. The highest BCUT2D eigenvalue weighted by molar-refractivity contribution is 9.09. The second-order valence-electron chi connectivity index (χ2n) is 5.05. The van der Waals surface area contributed by atoms with E-state index in [9.17, 15) is 5.11 Å². The first kappa shape index (κ1) is 15.4. The standard InChI is InChI=1S/C12H26BrNO/c1-5-14(10-12(3,4)15)9-7-11(2)6-8-13/h11,15H,5-10H2,1-4H3. The third-order valence-electron chi connectivity index (χ3n) is 2.60. The van der Waals surface area contributed by atoms with Crippen LogP contribution >= 0.6 is 15.9 Å². The predicted octanol–water partition coefficient (Wildman–Crippen LogP) is 2.89. The molecule has 0 bridgehead atoms. The van der Waals surface area contributed by atoms with E-state index in [0.29, 0.717) is 0 Å². The Kier molecular flexibility index (Phi) is 7.84. The molecule has 0 aromatic carbocycles. The van der Waals surface area contributed by atoms with Gasteiger partial charge in [-0.2, -0.15) is 0 Å². The fourth-order valence-corrected chi connectivity index (χ4v) is 2.41. The maximum atomic E-state index is 9.74. The number of aliphatic hydroxyl groups is 1. The Morgan fingerprint density at radius 1 is 1.33 bits per heavy atom. The van der Waals surface area contributed by atoms with Crippen molar-refractivity contribution in [2.75, 3.05) is 25.0 Å². The molecule has 1 unspecified atom stereocenters. The van der Waals surface area contributed by atoms with Crippen molar-refractivity contribution in [3.63, 3.8) is 0 Å². The van der Waals surface area contributed by atoms with Crippen molar-refractivity contribution >= 4 is 15.9 Å². The van der Waals surface area contributed by atoms with Gasteiger partial charge >= 0.3 is 0 Å². The van der Waals surface area contributed by atoms with E-state index in [1.165, 1.54) is 12.8 Å². The predicted molar refractivity (Wildman–Crippen MR) is 70.6 cm³/mol. The van der Waals surface area contributed by atoms with E-state index in [1.807, 2.05) is 13.8 Å². The van der Waals surface area contributed by atoms with Gasteiger partial charge in [0.25, 0.3) is 0 Å². The Morgan fingerprint density at radius 3 is 2.33 bits per heavy atom. The van der Waals surface area contributed by atoms with Crippen LogP contribution in [0.3, 0.4) is 0 Å². The molecule has 2 nitrogen and oxygen atoms in total. The van der Waals surface area contributed by atoms with Crippen LogP contribution in [0.25, 0.3) is 0 Å². The van der Waals surface area contributed by atoms with Crippen molar-refractivity contribution in [1.82, 2.24) is 4.90 Å². The highest BCUT2D eigenvalue weighted by atomic mass is 79.9. The molecule has 0 radical (unpaired) electrons. The molecule has 0 rings (SSSR count). The average Bonchev–Trinajstić information content (AvgIpc) is 2.11. The fraction of sp³-hybridized carbons (Fsp3) is 1.00. The van der Waals surface area contributed by atoms with Gasteiger partial charge in [0.05, 0.1) is 5.60 Å². The summed E-state index contributed by atoms with van der Waals surface area (Å²) >= 11 is 3.47. The van der Waals surface area contributed by atoms with Crippen molar-refractivity contribution in [3.05, 3.63) is 0 Å². The van der Waals surface area contributed by atoms with Gasteiger partial charge in [0.1, 0.15) is 0 Å². The van der Waals surface area contributed by atoms with Crippen LogP contribution in [0, 0.1) is 5.92 Å². The molecule has 0 spiro atoms.